The maximum Gasteiger partial charge on any atom is 0.255 e. The van der Waals surface area contributed by atoms with Crippen LogP contribution in [0, 0.1) is 6.92 Å². The highest BCUT2D eigenvalue weighted by Crippen LogP contribution is 2.45. The Bertz CT molecular complexity index is 1410. The average molecular weight is 466 g/mol. The molecule has 5 nitrogen and oxygen atoms in total. The molecule has 1 aromatic heterocycles. The monoisotopic (exact) mass is 465 g/mol. The lowest BCUT2D eigenvalue weighted by molar-refractivity contribution is -0.122. The first-order valence-electron chi connectivity index (χ1n) is 12.1. The van der Waals surface area contributed by atoms with Gasteiger partial charge in [-0.05, 0) is 51.0 Å². The fourth-order valence-electron chi connectivity index (χ4n) is 5.01. The number of carbonyl (C=O) groups is 2. The van der Waals surface area contributed by atoms with Crippen molar-refractivity contribution in [2.75, 3.05) is 6.54 Å². The van der Waals surface area contributed by atoms with Crippen LogP contribution in [0.3, 0.4) is 0 Å². The van der Waals surface area contributed by atoms with Crippen LogP contribution in [0.1, 0.15) is 60.3 Å². The smallest absolute Gasteiger partial charge is 0.255 e. The third-order valence-corrected chi connectivity index (χ3v) is 6.51. The van der Waals surface area contributed by atoms with Gasteiger partial charge in [0.15, 0.2) is 0 Å². The molecule has 1 aliphatic rings. The Balaban J connectivity index is 1.64. The zero-order chi connectivity index (χ0) is 24.7. The summed E-state index contributed by atoms with van der Waals surface area (Å²) in [4.78, 5) is 31.8. The Morgan fingerprint density at radius 3 is 2.40 bits per heavy atom. The average Bonchev–Trinajstić information content (AvgIpc) is 3.32. The summed E-state index contributed by atoms with van der Waals surface area (Å²) in [5.41, 5.74) is 6.73. The molecule has 0 saturated heterocycles. The standard InChI is InChI=1S/C30H31N3O2/c1-19-13-15-20(16-14-19)27-26(23-11-7-8-12-24(23)31-27)28-21-9-5-6-10-22(21)29(35)33(28)18-17-25(34)32-30(2,3)4/h5-16,28,31H,17-18H2,1-4H3,(H,32,34)/t28-/m1/s1. The highest BCUT2D eigenvalue weighted by atomic mass is 16.2. The minimum atomic E-state index is -0.316. The van der Waals surface area contributed by atoms with E-state index >= 15 is 0 Å². The van der Waals surface area contributed by atoms with Crippen molar-refractivity contribution in [2.24, 2.45) is 0 Å². The lowest BCUT2D eigenvalue weighted by atomic mass is 9.93. The van der Waals surface area contributed by atoms with Crippen molar-refractivity contribution in [1.82, 2.24) is 15.2 Å². The molecule has 2 heterocycles. The Morgan fingerprint density at radius 2 is 1.66 bits per heavy atom. The molecule has 0 unspecified atom stereocenters. The molecule has 0 saturated carbocycles. The van der Waals surface area contributed by atoms with Crippen LogP contribution in [0.25, 0.3) is 22.2 Å². The van der Waals surface area contributed by atoms with E-state index in [0.717, 1.165) is 33.3 Å². The number of amides is 2. The van der Waals surface area contributed by atoms with E-state index in [1.54, 1.807) is 0 Å². The zero-order valence-electron chi connectivity index (χ0n) is 20.7. The Morgan fingerprint density at radius 1 is 0.971 bits per heavy atom. The van der Waals surface area contributed by atoms with Crippen LogP contribution in [0.2, 0.25) is 0 Å². The lowest BCUT2D eigenvalue weighted by Gasteiger charge is -2.27. The molecule has 1 aliphatic heterocycles. The number of rotatable bonds is 5. The van der Waals surface area contributed by atoms with E-state index in [9.17, 15) is 9.59 Å². The van der Waals surface area contributed by atoms with E-state index in [-0.39, 0.29) is 29.8 Å². The second-order valence-corrected chi connectivity index (χ2v) is 10.4. The fraction of sp³-hybridized carbons (Fsp3) is 0.267. The van der Waals surface area contributed by atoms with Gasteiger partial charge in [-0.25, -0.2) is 0 Å². The molecule has 2 amide bonds. The number of carbonyl (C=O) groups excluding carboxylic acids is 2. The first-order valence-corrected chi connectivity index (χ1v) is 12.1. The van der Waals surface area contributed by atoms with Crippen LogP contribution < -0.4 is 5.32 Å². The van der Waals surface area contributed by atoms with Crippen molar-refractivity contribution in [1.29, 1.82) is 0 Å². The summed E-state index contributed by atoms with van der Waals surface area (Å²) in [6, 6.07) is 24.2. The Kier molecular flexibility index (Phi) is 5.72. The zero-order valence-corrected chi connectivity index (χ0v) is 20.7. The molecule has 1 atom stereocenters. The first-order chi connectivity index (χ1) is 16.7. The van der Waals surface area contributed by atoms with E-state index in [4.69, 9.17) is 0 Å². The molecule has 0 radical (unpaired) electrons. The predicted molar refractivity (Wildman–Crippen MR) is 140 cm³/mol. The summed E-state index contributed by atoms with van der Waals surface area (Å²) in [7, 11) is 0. The molecule has 3 aromatic carbocycles. The van der Waals surface area contributed by atoms with E-state index < -0.39 is 0 Å². The van der Waals surface area contributed by atoms with Crippen LogP contribution in [-0.4, -0.2) is 33.8 Å². The molecular formula is C30H31N3O2. The normalized spacial score (nSPS) is 15.5. The van der Waals surface area contributed by atoms with Gasteiger partial charge in [0.2, 0.25) is 5.91 Å². The third-order valence-electron chi connectivity index (χ3n) is 6.51. The number of hydrogen-bond acceptors (Lipinski definition) is 2. The number of hydrogen-bond donors (Lipinski definition) is 2. The van der Waals surface area contributed by atoms with Gasteiger partial charge in [0, 0.05) is 40.5 Å². The maximum atomic E-state index is 13.6. The van der Waals surface area contributed by atoms with Gasteiger partial charge in [-0.3, -0.25) is 9.59 Å². The van der Waals surface area contributed by atoms with Gasteiger partial charge in [-0.1, -0.05) is 66.2 Å². The minimum absolute atomic E-state index is 0.0331. The van der Waals surface area contributed by atoms with Crippen molar-refractivity contribution in [3.8, 4) is 11.3 Å². The summed E-state index contributed by atoms with van der Waals surface area (Å²) in [6.45, 7) is 8.30. The van der Waals surface area contributed by atoms with Gasteiger partial charge in [0.1, 0.15) is 0 Å². The number of aromatic nitrogens is 1. The van der Waals surface area contributed by atoms with Crippen LogP contribution in [0.15, 0.2) is 72.8 Å². The fourth-order valence-corrected chi connectivity index (χ4v) is 5.01. The molecule has 178 valence electrons. The Labute approximate surface area is 206 Å². The molecule has 35 heavy (non-hydrogen) atoms. The number of nitrogens with zero attached hydrogens (tertiary/aromatic N) is 1. The lowest BCUT2D eigenvalue weighted by Crippen LogP contribution is -2.42. The van der Waals surface area contributed by atoms with Crippen molar-refractivity contribution in [3.63, 3.8) is 0 Å². The highest BCUT2D eigenvalue weighted by molar-refractivity contribution is 6.02. The van der Waals surface area contributed by atoms with Gasteiger partial charge in [0.05, 0.1) is 11.7 Å². The number of para-hydroxylation sites is 1. The minimum Gasteiger partial charge on any atom is -0.354 e. The van der Waals surface area contributed by atoms with Gasteiger partial charge in [-0.15, -0.1) is 0 Å². The second kappa shape index (κ2) is 8.73. The molecule has 4 aromatic rings. The summed E-state index contributed by atoms with van der Waals surface area (Å²) < 4.78 is 0. The van der Waals surface area contributed by atoms with Crippen LogP contribution in [-0.2, 0) is 4.79 Å². The maximum absolute atomic E-state index is 13.6. The van der Waals surface area contributed by atoms with Crippen LogP contribution in [0.5, 0.6) is 0 Å². The van der Waals surface area contributed by atoms with Crippen molar-refractivity contribution < 1.29 is 9.59 Å². The van der Waals surface area contributed by atoms with Crippen molar-refractivity contribution in [3.05, 3.63) is 95.1 Å². The molecule has 5 rings (SSSR count). The van der Waals surface area contributed by atoms with E-state index in [1.165, 1.54) is 5.56 Å². The van der Waals surface area contributed by atoms with E-state index in [1.807, 2.05) is 62.1 Å². The highest BCUT2D eigenvalue weighted by Gasteiger charge is 2.40. The van der Waals surface area contributed by atoms with Gasteiger partial charge in [0.25, 0.3) is 5.91 Å². The summed E-state index contributed by atoms with van der Waals surface area (Å²) in [5, 5.41) is 4.10. The SMILES string of the molecule is Cc1ccc(-c2[nH]c3ccccc3c2[C@H]2c3ccccc3C(=O)N2CCC(=O)NC(C)(C)C)cc1. The van der Waals surface area contributed by atoms with Crippen LogP contribution in [0.4, 0.5) is 0 Å². The molecule has 2 N–H and O–H groups in total. The number of aromatic amines is 1. The first kappa shape index (κ1) is 22.9. The van der Waals surface area contributed by atoms with Crippen molar-refractivity contribution in [2.45, 2.75) is 45.7 Å². The molecular weight excluding hydrogens is 434 g/mol. The molecule has 0 fully saturated rings. The molecule has 0 spiro atoms. The summed E-state index contributed by atoms with van der Waals surface area (Å²) >= 11 is 0. The van der Waals surface area contributed by atoms with Crippen LogP contribution >= 0.6 is 0 Å². The number of H-pyrrole nitrogens is 1. The summed E-state index contributed by atoms with van der Waals surface area (Å²) in [5.74, 6) is -0.0908. The number of nitrogens with one attached hydrogen (secondary N) is 2. The molecule has 5 heteroatoms. The Hall–Kier alpha value is -3.86. The predicted octanol–water partition coefficient (Wildman–Crippen LogP) is 5.99. The largest absolute Gasteiger partial charge is 0.354 e. The van der Waals surface area contributed by atoms with Gasteiger partial charge in [-0.2, -0.15) is 0 Å². The molecule has 0 aliphatic carbocycles. The number of benzene rings is 3. The summed E-state index contributed by atoms with van der Waals surface area (Å²) in [6.07, 6.45) is 0.246. The molecule has 0 bridgehead atoms. The third kappa shape index (κ3) is 4.34. The number of fused-ring (bicyclic) bond motifs is 2. The van der Waals surface area contributed by atoms with Gasteiger partial charge < -0.3 is 15.2 Å². The quantitative estimate of drug-likeness (QED) is 0.380. The topological polar surface area (TPSA) is 65.2 Å². The van der Waals surface area contributed by atoms with Crippen molar-refractivity contribution >= 4 is 22.7 Å². The number of aryl methyl sites for hydroxylation is 1. The second-order valence-electron chi connectivity index (χ2n) is 10.4. The van der Waals surface area contributed by atoms with Gasteiger partial charge >= 0.3 is 0 Å². The van der Waals surface area contributed by atoms with E-state index in [2.05, 4.69) is 53.6 Å². The van der Waals surface area contributed by atoms with E-state index in [0.29, 0.717) is 12.1 Å².